The highest BCUT2D eigenvalue weighted by molar-refractivity contribution is 6.04. The van der Waals surface area contributed by atoms with E-state index in [9.17, 15) is 9.59 Å². The molecule has 0 saturated carbocycles. The summed E-state index contributed by atoms with van der Waals surface area (Å²) in [6, 6.07) is 18.6. The molecule has 0 spiro atoms. The molecule has 2 rings (SSSR count). The zero-order chi connectivity index (χ0) is 13.7. The van der Waals surface area contributed by atoms with Crippen molar-refractivity contribution in [2.45, 2.75) is 18.8 Å². The van der Waals surface area contributed by atoms with Gasteiger partial charge in [-0.25, -0.2) is 0 Å². The van der Waals surface area contributed by atoms with Crippen LogP contribution in [-0.2, 0) is 10.2 Å². The third kappa shape index (κ3) is 2.63. The fourth-order valence-electron chi connectivity index (χ4n) is 2.22. The second-order valence-electron chi connectivity index (χ2n) is 4.76. The van der Waals surface area contributed by atoms with Gasteiger partial charge in [0.2, 0.25) is 0 Å². The van der Waals surface area contributed by atoms with Gasteiger partial charge in [0, 0.05) is 12.0 Å². The molecule has 2 aromatic carbocycles. The number of carbonyl (C=O) groups is 2. The van der Waals surface area contributed by atoms with Crippen LogP contribution in [0, 0.1) is 0 Å². The Bertz CT molecular complexity index is 560. The highest BCUT2D eigenvalue weighted by Gasteiger charge is 2.35. The molecular weight excluding hydrogens is 236 g/mol. The molecule has 0 aliphatic carbocycles. The van der Waals surface area contributed by atoms with Crippen molar-refractivity contribution in [3.63, 3.8) is 0 Å². The average Bonchev–Trinajstić information content (AvgIpc) is 2.48. The van der Waals surface area contributed by atoms with Crippen LogP contribution in [-0.4, -0.2) is 12.1 Å². The van der Waals surface area contributed by atoms with Gasteiger partial charge in [0.05, 0.1) is 5.41 Å². The largest absolute Gasteiger partial charge is 0.303 e. The minimum atomic E-state index is -0.801. The van der Waals surface area contributed by atoms with Crippen LogP contribution in [0.5, 0.6) is 0 Å². The number of benzene rings is 2. The summed E-state index contributed by atoms with van der Waals surface area (Å²) in [6.07, 6.45) is 0.999. The lowest BCUT2D eigenvalue weighted by molar-refractivity contribution is -0.108. The van der Waals surface area contributed by atoms with Gasteiger partial charge in [-0.3, -0.25) is 4.79 Å². The first-order valence-corrected chi connectivity index (χ1v) is 6.27. The van der Waals surface area contributed by atoms with Crippen molar-refractivity contribution in [1.29, 1.82) is 0 Å². The summed E-state index contributed by atoms with van der Waals surface area (Å²) in [5.41, 5.74) is 0.705. The molecule has 2 nitrogen and oxygen atoms in total. The highest BCUT2D eigenvalue weighted by Crippen LogP contribution is 2.30. The van der Waals surface area contributed by atoms with Crippen molar-refractivity contribution in [2.24, 2.45) is 0 Å². The Morgan fingerprint density at radius 1 is 1.00 bits per heavy atom. The summed E-state index contributed by atoms with van der Waals surface area (Å²) in [6.45, 7) is 1.83. The highest BCUT2D eigenvalue weighted by atomic mass is 16.1. The summed E-state index contributed by atoms with van der Waals surface area (Å²) in [4.78, 5) is 23.7. The number of hydrogen-bond donors (Lipinski definition) is 0. The number of rotatable bonds is 5. The van der Waals surface area contributed by atoms with Gasteiger partial charge in [-0.1, -0.05) is 60.7 Å². The molecule has 0 heterocycles. The first kappa shape index (κ1) is 13.2. The summed E-state index contributed by atoms with van der Waals surface area (Å²) in [5.74, 6) is -0.0219. The molecule has 96 valence electrons. The number of ketones is 1. The molecule has 0 aromatic heterocycles. The standard InChI is InChI=1S/C17H16O2/c1-17(12-13-18,15-10-6-3-7-11-15)16(19)14-8-4-2-5-9-14/h2-11,13H,12H2,1H3. The maximum atomic E-state index is 12.7. The zero-order valence-electron chi connectivity index (χ0n) is 10.9. The Kier molecular flexibility index (Phi) is 3.91. The van der Waals surface area contributed by atoms with E-state index in [0.29, 0.717) is 5.56 Å². The number of carbonyl (C=O) groups excluding carboxylic acids is 2. The zero-order valence-corrected chi connectivity index (χ0v) is 10.9. The normalized spacial score (nSPS) is 13.5. The summed E-state index contributed by atoms with van der Waals surface area (Å²) in [7, 11) is 0. The van der Waals surface area contributed by atoms with E-state index in [1.807, 2.05) is 55.5 Å². The molecule has 0 saturated heterocycles. The predicted octanol–water partition coefficient (Wildman–Crippen LogP) is 3.42. The molecule has 19 heavy (non-hydrogen) atoms. The lowest BCUT2D eigenvalue weighted by Gasteiger charge is -2.26. The first-order valence-electron chi connectivity index (χ1n) is 6.27. The lowest BCUT2D eigenvalue weighted by Crippen LogP contribution is -2.33. The van der Waals surface area contributed by atoms with Crippen LogP contribution in [0.4, 0.5) is 0 Å². The molecule has 0 fully saturated rings. The van der Waals surface area contributed by atoms with Gasteiger partial charge >= 0.3 is 0 Å². The number of hydrogen-bond acceptors (Lipinski definition) is 2. The van der Waals surface area contributed by atoms with Crippen LogP contribution in [0.2, 0.25) is 0 Å². The predicted molar refractivity (Wildman–Crippen MR) is 75.2 cm³/mol. The van der Waals surface area contributed by atoms with Crippen LogP contribution in [0.25, 0.3) is 0 Å². The first-order chi connectivity index (χ1) is 9.18. The molecular formula is C17H16O2. The fraction of sp³-hybridized carbons (Fsp3) is 0.176. The van der Waals surface area contributed by atoms with E-state index < -0.39 is 5.41 Å². The second kappa shape index (κ2) is 5.61. The quantitative estimate of drug-likeness (QED) is 0.603. The molecule has 0 aliphatic heterocycles. The smallest absolute Gasteiger partial charge is 0.173 e. The molecule has 0 bridgehead atoms. The van der Waals surface area contributed by atoms with Crippen molar-refractivity contribution >= 4 is 12.1 Å². The number of aldehydes is 1. The molecule has 0 aliphatic rings. The van der Waals surface area contributed by atoms with Crippen LogP contribution < -0.4 is 0 Å². The van der Waals surface area contributed by atoms with E-state index in [0.717, 1.165) is 11.8 Å². The molecule has 0 radical (unpaired) electrons. The number of Topliss-reactive ketones (excluding diaryl/α,β-unsaturated/α-hetero) is 1. The molecule has 1 unspecified atom stereocenters. The molecule has 0 N–H and O–H groups in total. The molecule has 2 aromatic rings. The third-order valence-electron chi connectivity index (χ3n) is 3.44. The van der Waals surface area contributed by atoms with Crippen molar-refractivity contribution < 1.29 is 9.59 Å². The summed E-state index contributed by atoms with van der Waals surface area (Å²) >= 11 is 0. The van der Waals surface area contributed by atoms with Crippen molar-refractivity contribution in [2.75, 3.05) is 0 Å². The van der Waals surface area contributed by atoms with Gasteiger partial charge in [0.15, 0.2) is 5.78 Å². The van der Waals surface area contributed by atoms with E-state index in [4.69, 9.17) is 0 Å². The third-order valence-corrected chi connectivity index (χ3v) is 3.44. The molecule has 2 heteroatoms. The SMILES string of the molecule is CC(CC=O)(C(=O)c1ccccc1)c1ccccc1. The molecule has 1 atom stereocenters. The van der Waals surface area contributed by atoms with Gasteiger partial charge < -0.3 is 4.79 Å². The van der Waals surface area contributed by atoms with Crippen LogP contribution in [0.3, 0.4) is 0 Å². The Morgan fingerprint density at radius 3 is 2.05 bits per heavy atom. The maximum absolute atomic E-state index is 12.7. The topological polar surface area (TPSA) is 34.1 Å². The van der Waals surface area contributed by atoms with Crippen LogP contribution in [0.15, 0.2) is 60.7 Å². The minimum absolute atomic E-state index is 0.0219. The average molecular weight is 252 g/mol. The minimum Gasteiger partial charge on any atom is -0.303 e. The Labute approximate surface area is 113 Å². The van der Waals surface area contributed by atoms with E-state index in [2.05, 4.69) is 0 Å². The van der Waals surface area contributed by atoms with Crippen molar-refractivity contribution in [3.8, 4) is 0 Å². The molecule has 0 amide bonds. The Morgan fingerprint density at radius 2 is 1.53 bits per heavy atom. The lowest BCUT2D eigenvalue weighted by atomic mass is 9.74. The van der Waals surface area contributed by atoms with E-state index in [1.165, 1.54) is 0 Å². The van der Waals surface area contributed by atoms with Crippen molar-refractivity contribution in [1.82, 2.24) is 0 Å². The van der Waals surface area contributed by atoms with Crippen molar-refractivity contribution in [3.05, 3.63) is 71.8 Å². The van der Waals surface area contributed by atoms with Gasteiger partial charge in [0.25, 0.3) is 0 Å². The van der Waals surface area contributed by atoms with E-state index in [-0.39, 0.29) is 12.2 Å². The van der Waals surface area contributed by atoms with Crippen LogP contribution in [0.1, 0.15) is 29.3 Å². The van der Waals surface area contributed by atoms with Gasteiger partial charge in [-0.2, -0.15) is 0 Å². The van der Waals surface area contributed by atoms with Crippen LogP contribution >= 0.6 is 0 Å². The maximum Gasteiger partial charge on any atom is 0.173 e. The fourth-order valence-corrected chi connectivity index (χ4v) is 2.22. The van der Waals surface area contributed by atoms with Gasteiger partial charge in [-0.05, 0) is 12.5 Å². The summed E-state index contributed by atoms with van der Waals surface area (Å²) < 4.78 is 0. The Hall–Kier alpha value is -2.22. The van der Waals surface area contributed by atoms with E-state index in [1.54, 1.807) is 12.1 Å². The van der Waals surface area contributed by atoms with Gasteiger partial charge in [-0.15, -0.1) is 0 Å². The second-order valence-corrected chi connectivity index (χ2v) is 4.76. The van der Waals surface area contributed by atoms with E-state index >= 15 is 0 Å². The monoisotopic (exact) mass is 252 g/mol. The summed E-state index contributed by atoms with van der Waals surface area (Å²) in [5, 5.41) is 0. The Balaban J connectivity index is 2.46. The van der Waals surface area contributed by atoms with Gasteiger partial charge in [0.1, 0.15) is 6.29 Å².